The molecular formula is C12H12N4O. The van der Waals surface area contributed by atoms with E-state index in [1.54, 1.807) is 36.7 Å². The molecule has 0 saturated heterocycles. The van der Waals surface area contributed by atoms with Crippen LogP contribution in [0.1, 0.15) is 5.69 Å². The third kappa shape index (κ3) is 3.27. The van der Waals surface area contributed by atoms with Crippen LogP contribution < -0.4 is 11.1 Å². The van der Waals surface area contributed by atoms with Gasteiger partial charge in [0.15, 0.2) is 0 Å². The molecule has 0 aliphatic rings. The maximum atomic E-state index is 11.7. The highest BCUT2D eigenvalue weighted by molar-refractivity contribution is 5.91. The molecule has 0 atom stereocenters. The minimum atomic E-state index is -0.117. The molecule has 2 aromatic rings. The number of hydrogen-bond acceptors (Lipinski definition) is 4. The van der Waals surface area contributed by atoms with Crippen LogP contribution in [0.25, 0.3) is 0 Å². The Hall–Kier alpha value is -2.43. The summed E-state index contributed by atoms with van der Waals surface area (Å²) in [5.74, 6) is -0.117. The lowest BCUT2D eigenvalue weighted by Gasteiger charge is -2.04. The van der Waals surface area contributed by atoms with Gasteiger partial charge in [0.1, 0.15) is 0 Å². The van der Waals surface area contributed by atoms with Gasteiger partial charge in [0.2, 0.25) is 5.91 Å². The second-order valence-corrected chi connectivity index (χ2v) is 3.54. The van der Waals surface area contributed by atoms with E-state index >= 15 is 0 Å². The van der Waals surface area contributed by atoms with E-state index in [0.717, 1.165) is 5.69 Å². The SMILES string of the molecule is Nc1ccc(CC(=O)Nc2ccncc2)nc1. The van der Waals surface area contributed by atoms with Crippen molar-refractivity contribution in [1.82, 2.24) is 9.97 Å². The number of carbonyl (C=O) groups excluding carboxylic acids is 1. The van der Waals surface area contributed by atoms with E-state index in [-0.39, 0.29) is 12.3 Å². The van der Waals surface area contributed by atoms with Crippen molar-refractivity contribution in [2.75, 3.05) is 11.1 Å². The van der Waals surface area contributed by atoms with Crippen molar-refractivity contribution in [2.45, 2.75) is 6.42 Å². The smallest absolute Gasteiger partial charge is 0.230 e. The number of rotatable bonds is 3. The molecule has 5 nitrogen and oxygen atoms in total. The number of pyridine rings is 2. The van der Waals surface area contributed by atoms with Crippen LogP contribution in [0.15, 0.2) is 42.9 Å². The van der Waals surface area contributed by atoms with Crippen molar-refractivity contribution in [3.63, 3.8) is 0 Å². The number of nitrogens with one attached hydrogen (secondary N) is 1. The Morgan fingerprint density at radius 3 is 2.65 bits per heavy atom. The third-order valence-corrected chi connectivity index (χ3v) is 2.15. The third-order valence-electron chi connectivity index (χ3n) is 2.15. The molecule has 0 bridgehead atoms. The van der Waals surface area contributed by atoms with E-state index < -0.39 is 0 Å². The topological polar surface area (TPSA) is 80.9 Å². The number of anilines is 2. The van der Waals surface area contributed by atoms with Gasteiger partial charge in [-0.05, 0) is 24.3 Å². The molecule has 2 heterocycles. The predicted molar refractivity (Wildman–Crippen MR) is 65.2 cm³/mol. The highest BCUT2D eigenvalue weighted by atomic mass is 16.1. The Morgan fingerprint density at radius 1 is 1.24 bits per heavy atom. The van der Waals surface area contributed by atoms with E-state index in [2.05, 4.69) is 15.3 Å². The monoisotopic (exact) mass is 228 g/mol. The van der Waals surface area contributed by atoms with Crippen molar-refractivity contribution in [1.29, 1.82) is 0 Å². The lowest BCUT2D eigenvalue weighted by molar-refractivity contribution is -0.115. The average Bonchev–Trinajstić information content (AvgIpc) is 2.33. The number of aromatic nitrogens is 2. The van der Waals surface area contributed by atoms with Crippen LogP contribution in [0.5, 0.6) is 0 Å². The fraction of sp³-hybridized carbons (Fsp3) is 0.0833. The Balaban J connectivity index is 1.96. The Morgan fingerprint density at radius 2 is 2.00 bits per heavy atom. The zero-order valence-electron chi connectivity index (χ0n) is 9.13. The van der Waals surface area contributed by atoms with Gasteiger partial charge in [-0.2, -0.15) is 0 Å². The van der Waals surface area contributed by atoms with Crippen LogP contribution in [-0.2, 0) is 11.2 Å². The van der Waals surface area contributed by atoms with Gasteiger partial charge in [-0.3, -0.25) is 14.8 Å². The largest absolute Gasteiger partial charge is 0.397 e. The summed E-state index contributed by atoms with van der Waals surface area (Å²) in [6, 6.07) is 6.92. The summed E-state index contributed by atoms with van der Waals surface area (Å²) in [5, 5.41) is 2.75. The molecule has 0 fully saturated rings. The molecule has 17 heavy (non-hydrogen) atoms. The van der Waals surface area contributed by atoms with E-state index in [4.69, 9.17) is 5.73 Å². The van der Waals surface area contributed by atoms with E-state index in [1.165, 1.54) is 6.20 Å². The molecule has 5 heteroatoms. The van der Waals surface area contributed by atoms with Crippen LogP contribution in [-0.4, -0.2) is 15.9 Å². The van der Waals surface area contributed by atoms with Gasteiger partial charge < -0.3 is 11.1 Å². The van der Waals surface area contributed by atoms with Crippen LogP contribution in [0, 0.1) is 0 Å². The number of carbonyl (C=O) groups is 1. The lowest BCUT2D eigenvalue weighted by atomic mass is 10.2. The molecule has 0 radical (unpaired) electrons. The Bertz CT molecular complexity index is 496. The number of nitrogens with zero attached hydrogens (tertiary/aromatic N) is 2. The van der Waals surface area contributed by atoms with Gasteiger partial charge in [-0.15, -0.1) is 0 Å². The first-order chi connectivity index (χ1) is 8.24. The van der Waals surface area contributed by atoms with Crippen molar-refractivity contribution in [3.05, 3.63) is 48.5 Å². The van der Waals surface area contributed by atoms with Crippen molar-refractivity contribution >= 4 is 17.3 Å². The molecule has 0 unspecified atom stereocenters. The molecule has 2 aromatic heterocycles. The van der Waals surface area contributed by atoms with Crippen LogP contribution in [0.3, 0.4) is 0 Å². The fourth-order valence-corrected chi connectivity index (χ4v) is 1.35. The second-order valence-electron chi connectivity index (χ2n) is 3.54. The molecule has 0 saturated carbocycles. The predicted octanol–water partition coefficient (Wildman–Crippen LogP) is 1.24. The highest BCUT2D eigenvalue weighted by Crippen LogP contribution is 2.06. The van der Waals surface area contributed by atoms with Crippen LogP contribution in [0.4, 0.5) is 11.4 Å². The summed E-state index contributed by atoms with van der Waals surface area (Å²) >= 11 is 0. The number of nitrogen functional groups attached to an aromatic ring is 1. The summed E-state index contributed by atoms with van der Waals surface area (Å²) in [6.07, 6.45) is 5.01. The molecule has 0 aliphatic carbocycles. The van der Waals surface area contributed by atoms with Crippen molar-refractivity contribution in [3.8, 4) is 0 Å². The van der Waals surface area contributed by atoms with Gasteiger partial charge in [-0.25, -0.2) is 0 Å². The van der Waals surface area contributed by atoms with Gasteiger partial charge in [0.25, 0.3) is 0 Å². The summed E-state index contributed by atoms with van der Waals surface area (Å²) in [6.45, 7) is 0. The Labute approximate surface area is 98.7 Å². The molecule has 0 aromatic carbocycles. The summed E-state index contributed by atoms with van der Waals surface area (Å²) in [7, 11) is 0. The number of nitrogens with two attached hydrogens (primary N) is 1. The van der Waals surface area contributed by atoms with Gasteiger partial charge in [-0.1, -0.05) is 0 Å². The van der Waals surface area contributed by atoms with E-state index in [1.807, 2.05) is 0 Å². The first-order valence-electron chi connectivity index (χ1n) is 5.14. The minimum Gasteiger partial charge on any atom is -0.397 e. The molecular weight excluding hydrogens is 216 g/mol. The molecule has 0 aliphatic heterocycles. The molecule has 3 N–H and O–H groups in total. The van der Waals surface area contributed by atoms with Crippen LogP contribution >= 0.6 is 0 Å². The first-order valence-corrected chi connectivity index (χ1v) is 5.14. The van der Waals surface area contributed by atoms with Gasteiger partial charge in [0.05, 0.1) is 18.3 Å². The molecule has 1 amide bonds. The Kier molecular flexibility index (Phi) is 3.30. The summed E-state index contributed by atoms with van der Waals surface area (Å²) < 4.78 is 0. The maximum absolute atomic E-state index is 11.7. The molecule has 0 spiro atoms. The van der Waals surface area contributed by atoms with E-state index in [0.29, 0.717) is 11.4 Å². The molecule has 2 rings (SSSR count). The summed E-state index contributed by atoms with van der Waals surface area (Å²) in [5.41, 5.74) is 7.51. The number of hydrogen-bond donors (Lipinski definition) is 2. The lowest BCUT2D eigenvalue weighted by Crippen LogP contribution is -2.15. The fourth-order valence-electron chi connectivity index (χ4n) is 1.35. The zero-order valence-corrected chi connectivity index (χ0v) is 9.13. The quantitative estimate of drug-likeness (QED) is 0.828. The first kappa shape index (κ1) is 11.1. The van der Waals surface area contributed by atoms with Gasteiger partial charge in [0, 0.05) is 23.8 Å². The van der Waals surface area contributed by atoms with E-state index in [9.17, 15) is 4.79 Å². The second kappa shape index (κ2) is 5.07. The zero-order chi connectivity index (χ0) is 12.1. The van der Waals surface area contributed by atoms with Crippen LogP contribution in [0.2, 0.25) is 0 Å². The molecule has 86 valence electrons. The average molecular weight is 228 g/mol. The van der Waals surface area contributed by atoms with Crippen molar-refractivity contribution < 1.29 is 4.79 Å². The highest BCUT2D eigenvalue weighted by Gasteiger charge is 2.04. The maximum Gasteiger partial charge on any atom is 0.230 e. The van der Waals surface area contributed by atoms with Gasteiger partial charge >= 0.3 is 0 Å². The minimum absolute atomic E-state index is 0.117. The summed E-state index contributed by atoms with van der Waals surface area (Å²) in [4.78, 5) is 19.6. The number of amides is 1. The standard InChI is InChI=1S/C12H12N4O/c13-9-1-2-11(15-8-9)7-12(17)16-10-3-5-14-6-4-10/h1-6,8H,7,13H2,(H,14,16,17). The normalized spacial score (nSPS) is 9.88. The van der Waals surface area contributed by atoms with Crippen molar-refractivity contribution in [2.24, 2.45) is 0 Å².